The van der Waals surface area contributed by atoms with E-state index in [0.29, 0.717) is 23.7 Å². The van der Waals surface area contributed by atoms with Crippen LogP contribution in [0, 0.1) is 5.92 Å². The van der Waals surface area contributed by atoms with Crippen molar-refractivity contribution in [2.24, 2.45) is 5.92 Å². The minimum absolute atomic E-state index is 0.00741. The molecule has 3 aliphatic heterocycles. The Morgan fingerprint density at radius 1 is 1.29 bits per heavy atom. The zero-order valence-electron chi connectivity index (χ0n) is 16.1. The van der Waals surface area contributed by atoms with Crippen LogP contribution < -0.4 is 0 Å². The van der Waals surface area contributed by atoms with Gasteiger partial charge in [-0.15, -0.1) is 0 Å². The maximum Gasteiger partial charge on any atom is 0.259 e. The van der Waals surface area contributed by atoms with Crippen molar-refractivity contribution >= 4 is 11.6 Å². The average Bonchev–Trinajstić information content (AvgIpc) is 3.33. The molecule has 3 saturated heterocycles. The number of fused-ring (bicyclic) bond motifs is 1. The van der Waals surface area contributed by atoms with Gasteiger partial charge in [0.15, 0.2) is 5.65 Å². The molecule has 0 saturated carbocycles. The van der Waals surface area contributed by atoms with Crippen LogP contribution in [0.5, 0.6) is 0 Å². The van der Waals surface area contributed by atoms with E-state index < -0.39 is 0 Å². The third kappa shape index (κ3) is 3.40. The van der Waals surface area contributed by atoms with E-state index in [4.69, 9.17) is 9.47 Å². The van der Waals surface area contributed by atoms with E-state index >= 15 is 0 Å². The van der Waals surface area contributed by atoms with E-state index in [2.05, 4.69) is 15.0 Å². The van der Waals surface area contributed by atoms with Gasteiger partial charge in [-0.3, -0.25) is 9.69 Å². The number of morpholine rings is 1. The van der Waals surface area contributed by atoms with Crippen LogP contribution in [0.15, 0.2) is 24.7 Å². The Kier molecular flexibility index (Phi) is 4.78. The summed E-state index contributed by atoms with van der Waals surface area (Å²) in [6.07, 6.45) is 8.17. The molecule has 1 spiro atoms. The van der Waals surface area contributed by atoms with Gasteiger partial charge in [0.1, 0.15) is 5.56 Å². The summed E-state index contributed by atoms with van der Waals surface area (Å²) in [7, 11) is 0. The predicted octanol–water partition coefficient (Wildman–Crippen LogP) is 1.07. The average molecular weight is 385 g/mol. The van der Waals surface area contributed by atoms with Crippen molar-refractivity contribution in [2.45, 2.75) is 24.9 Å². The Balaban J connectivity index is 1.26. The number of aromatic nitrogens is 3. The van der Waals surface area contributed by atoms with Crippen LogP contribution in [0.4, 0.5) is 0 Å². The zero-order chi connectivity index (χ0) is 19.0. The van der Waals surface area contributed by atoms with E-state index in [9.17, 15) is 4.79 Å². The monoisotopic (exact) mass is 385 g/mol. The highest BCUT2D eigenvalue weighted by Crippen LogP contribution is 2.38. The lowest BCUT2D eigenvalue weighted by atomic mass is 9.86. The molecule has 28 heavy (non-hydrogen) atoms. The lowest BCUT2D eigenvalue weighted by Crippen LogP contribution is -2.50. The summed E-state index contributed by atoms with van der Waals surface area (Å²) in [4.78, 5) is 21.9. The predicted molar refractivity (Wildman–Crippen MR) is 102 cm³/mol. The molecule has 0 aromatic carbocycles. The lowest BCUT2D eigenvalue weighted by molar-refractivity contribution is -0.0451. The van der Waals surface area contributed by atoms with Gasteiger partial charge in [0, 0.05) is 45.1 Å². The maximum atomic E-state index is 13.2. The fourth-order valence-electron chi connectivity index (χ4n) is 4.91. The van der Waals surface area contributed by atoms with Gasteiger partial charge in [-0.2, -0.15) is 5.10 Å². The first-order chi connectivity index (χ1) is 13.7. The van der Waals surface area contributed by atoms with Gasteiger partial charge in [0.05, 0.1) is 31.6 Å². The van der Waals surface area contributed by atoms with Gasteiger partial charge in [-0.05, 0) is 31.2 Å². The summed E-state index contributed by atoms with van der Waals surface area (Å²) in [6.45, 7) is 6.96. The van der Waals surface area contributed by atoms with Crippen LogP contribution in [-0.4, -0.2) is 88.5 Å². The second kappa shape index (κ2) is 7.42. The number of amides is 1. The highest BCUT2D eigenvalue weighted by Gasteiger charge is 2.45. The molecule has 0 bridgehead atoms. The number of carbonyl (C=O) groups excluding carboxylic acids is 1. The van der Waals surface area contributed by atoms with Crippen LogP contribution in [0.1, 0.15) is 29.6 Å². The molecule has 1 amide bonds. The fourth-order valence-corrected chi connectivity index (χ4v) is 4.91. The Bertz CT molecular complexity index is 849. The van der Waals surface area contributed by atoms with Gasteiger partial charge < -0.3 is 14.4 Å². The molecular formula is C20H27N5O3. The summed E-state index contributed by atoms with van der Waals surface area (Å²) < 4.78 is 13.4. The number of hydrogen-bond acceptors (Lipinski definition) is 6. The normalized spacial score (nSPS) is 29.0. The number of hydrogen-bond donors (Lipinski definition) is 0. The minimum atomic E-state index is -0.193. The van der Waals surface area contributed by atoms with Crippen molar-refractivity contribution in [3.8, 4) is 0 Å². The smallest absolute Gasteiger partial charge is 0.259 e. The van der Waals surface area contributed by atoms with E-state index in [1.807, 2.05) is 17.2 Å². The van der Waals surface area contributed by atoms with E-state index in [1.165, 1.54) is 0 Å². The second-order valence-corrected chi connectivity index (χ2v) is 8.25. The van der Waals surface area contributed by atoms with Crippen LogP contribution >= 0.6 is 0 Å². The quantitative estimate of drug-likeness (QED) is 0.787. The zero-order valence-corrected chi connectivity index (χ0v) is 16.1. The largest absolute Gasteiger partial charge is 0.379 e. The number of piperidine rings is 1. The number of carbonyl (C=O) groups is 1. The first kappa shape index (κ1) is 18.0. The van der Waals surface area contributed by atoms with Crippen molar-refractivity contribution in [3.05, 3.63) is 30.2 Å². The molecule has 2 atom stereocenters. The molecule has 0 radical (unpaired) electrons. The molecule has 8 heteroatoms. The molecule has 3 fully saturated rings. The van der Waals surface area contributed by atoms with E-state index in [-0.39, 0.29) is 11.5 Å². The molecule has 2 aromatic rings. The van der Waals surface area contributed by atoms with Gasteiger partial charge in [0.25, 0.3) is 5.91 Å². The SMILES string of the molecule is O=C(c1cnn2cccnc12)N1CCC[C@]2(C[C@@H](CN3CCOCC3)CO2)C1. The van der Waals surface area contributed by atoms with E-state index in [1.54, 1.807) is 16.9 Å². The highest BCUT2D eigenvalue weighted by atomic mass is 16.5. The Morgan fingerprint density at radius 2 is 2.18 bits per heavy atom. The molecule has 5 rings (SSSR count). The standard InChI is InChI=1S/C20H27N5O3/c26-19(17-12-22-25-6-2-4-21-18(17)25)24-5-1-3-20(15-24)11-16(14-28-20)13-23-7-9-27-10-8-23/h2,4,6,12,16H,1,3,5,7-11,13-15H2/t16-,20-/m0/s1. The molecule has 0 aliphatic carbocycles. The van der Waals surface area contributed by atoms with Crippen molar-refractivity contribution in [1.29, 1.82) is 0 Å². The minimum Gasteiger partial charge on any atom is -0.379 e. The number of likely N-dealkylation sites (tertiary alicyclic amines) is 1. The molecule has 8 nitrogen and oxygen atoms in total. The molecule has 0 N–H and O–H groups in total. The van der Waals surface area contributed by atoms with Crippen molar-refractivity contribution in [1.82, 2.24) is 24.4 Å². The van der Waals surface area contributed by atoms with Crippen LogP contribution in [-0.2, 0) is 9.47 Å². The van der Waals surface area contributed by atoms with Gasteiger partial charge in [-0.25, -0.2) is 9.50 Å². The summed E-state index contributed by atoms with van der Waals surface area (Å²) in [5.41, 5.74) is 0.992. The first-order valence-corrected chi connectivity index (χ1v) is 10.2. The maximum absolute atomic E-state index is 13.2. The molecular weight excluding hydrogens is 358 g/mol. The topological polar surface area (TPSA) is 72.2 Å². The molecule has 2 aromatic heterocycles. The molecule has 3 aliphatic rings. The van der Waals surface area contributed by atoms with Crippen LogP contribution in [0.2, 0.25) is 0 Å². The summed E-state index contributed by atoms with van der Waals surface area (Å²) >= 11 is 0. The van der Waals surface area contributed by atoms with Gasteiger partial charge >= 0.3 is 0 Å². The molecule has 0 unspecified atom stereocenters. The summed E-state index contributed by atoms with van der Waals surface area (Å²) in [6, 6.07) is 1.81. The number of ether oxygens (including phenoxy) is 2. The Hall–Kier alpha value is -2.03. The lowest BCUT2D eigenvalue weighted by Gasteiger charge is -2.39. The summed E-state index contributed by atoms with van der Waals surface area (Å²) in [5.74, 6) is 0.541. The fraction of sp³-hybridized carbons (Fsp3) is 0.650. The van der Waals surface area contributed by atoms with Crippen molar-refractivity contribution < 1.29 is 14.3 Å². The van der Waals surface area contributed by atoms with E-state index in [0.717, 1.165) is 65.3 Å². The van der Waals surface area contributed by atoms with Crippen LogP contribution in [0.3, 0.4) is 0 Å². The number of nitrogens with zero attached hydrogens (tertiary/aromatic N) is 5. The Labute approximate surface area is 164 Å². The third-order valence-electron chi connectivity index (χ3n) is 6.24. The van der Waals surface area contributed by atoms with Crippen molar-refractivity contribution in [3.63, 3.8) is 0 Å². The van der Waals surface area contributed by atoms with Gasteiger partial charge in [0.2, 0.25) is 0 Å². The first-order valence-electron chi connectivity index (χ1n) is 10.2. The second-order valence-electron chi connectivity index (χ2n) is 8.25. The summed E-state index contributed by atoms with van der Waals surface area (Å²) in [5, 5.41) is 4.26. The van der Waals surface area contributed by atoms with Crippen LogP contribution in [0.25, 0.3) is 5.65 Å². The highest BCUT2D eigenvalue weighted by molar-refractivity contribution is 5.99. The molecule has 150 valence electrons. The molecule has 5 heterocycles. The third-order valence-corrected chi connectivity index (χ3v) is 6.24. The van der Waals surface area contributed by atoms with Crippen molar-refractivity contribution in [2.75, 3.05) is 52.5 Å². The number of rotatable bonds is 3. The Morgan fingerprint density at radius 3 is 3.07 bits per heavy atom. The van der Waals surface area contributed by atoms with Gasteiger partial charge in [-0.1, -0.05) is 0 Å².